The van der Waals surface area contributed by atoms with Crippen LogP contribution in [0.4, 0.5) is 4.39 Å². The van der Waals surface area contributed by atoms with Gasteiger partial charge in [0.2, 0.25) is 0 Å². The highest BCUT2D eigenvalue weighted by Gasteiger charge is 2.64. The summed E-state index contributed by atoms with van der Waals surface area (Å²) in [7, 11) is 1.72. The summed E-state index contributed by atoms with van der Waals surface area (Å²) in [5.41, 5.74) is 3.61. The quantitative estimate of drug-likeness (QED) is 0.0645. The summed E-state index contributed by atoms with van der Waals surface area (Å²) in [6.07, 6.45) is 59.1. The van der Waals surface area contributed by atoms with Crippen molar-refractivity contribution in [1.82, 2.24) is 60.0 Å². The number of aromatic nitrogens is 12. The molecule has 0 bridgehead atoms. The van der Waals surface area contributed by atoms with E-state index in [-0.39, 0.29) is 0 Å². The summed E-state index contributed by atoms with van der Waals surface area (Å²) in [5.74, 6) is 28.2. The Bertz CT molecular complexity index is 4400. The zero-order chi connectivity index (χ0) is 84.0. The second kappa shape index (κ2) is 34.7. The van der Waals surface area contributed by atoms with E-state index in [1.807, 2.05) is 0 Å². The van der Waals surface area contributed by atoms with Crippen molar-refractivity contribution in [1.29, 1.82) is 0 Å². The van der Waals surface area contributed by atoms with E-state index in [1.165, 1.54) is 202 Å². The van der Waals surface area contributed by atoms with Gasteiger partial charge in [0, 0.05) is 18.4 Å². The van der Waals surface area contributed by atoms with E-state index in [4.69, 9.17) is 16.3 Å². The van der Waals surface area contributed by atoms with Crippen molar-refractivity contribution >= 4 is 11.6 Å². The highest BCUT2D eigenvalue weighted by atomic mass is 35.5. The molecule has 4 N–H and O–H groups in total. The van der Waals surface area contributed by atoms with Crippen LogP contribution in [0.1, 0.15) is 272 Å². The minimum atomic E-state index is -1.03. The molecule has 17 saturated carbocycles. The number of hydrogen-bond donors (Lipinski definition) is 4. The fourth-order valence-corrected chi connectivity index (χ4v) is 34.3. The zero-order valence-corrected chi connectivity index (χ0v) is 75.1. The maximum atomic E-state index is 13.4. The monoisotopic (exact) mass is 1680 g/mol. The lowest BCUT2D eigenvalue weighted by molar-refractivity contribution is -0.123. The number of ether oxygens (including phenoxy) is 1. The molecule has 0 radical (unpaired) electrons. The van der Waals surface area contributed by atoms with Crippen LogP contribution in [-0.4, -0.2) is 123 Å². The summed E-state index contributed by atoms with van der Waals surface area (Å²) in [6.45, 7) is 31.2. The Morgan fingerprint density at radius 1 is 0.355 bits per heavy atom. The first-order valence-electron chi connectivity index (χ1n) is 48.9. The summed E-state index contributed by atoms with van der Waals surface area (Å²) in [4.78, 5) is 7.14. The molecule has 17 aliphatic carbocycles. The maximum Gasteiger partial charge on any atom is 0.127 e. The third-order valence-corrected chi connectivity index (χ3v) is 39.6. The molecular weight excluding hydrogens is 1530 g/mol. The van der Waals surface area contributed by atoms with Crippen molar-refractivity contribution in [3.8, 4) is 23.1 Å². The van der Waals surface area contributed by atoms with Gasteiger partial charge in [-0.3, -0.25) is 0 Å². The fraction of sp³-hybridized carbons (Fsp3) is 0.804. The summed E-state index contributed by atoms with van der Waals surface area (Å²) in [6, 6.07) is 0. The van der Waals surface area contributed by atoms with Crippen molar-refractivity contribution in [2.24, 2.45) is 170 Å². The van der Waals surface area contributed by atoms with E-state index in [1.54, 1.807) is 75.9 Å². The predicted octanol–water partition coefficient (Wildman–Crippen LogP) is 19.6. The van der Waals surface area contributed by atoms with Gasteiger partial charge in [-0.25, -0.2) is 4.39 Å². The van der Waals surface area contributed by atoms with Crippen LogP contribution in [0.3, 0.4) is 0 Å². The van der Waals surface area contributed by atoms with Gasteiger partial charge in [0.15, 0.2) is 0 Å². The second-order valence-electron chi connectivity index (χ2n) is 45.1. The molecular formula is C102H148ClFN12O5. The largest absolute Gasteiger partial charge is 0.387 e. The number of aliphatic hydroxyl groups is 4. The Hall–Kier alpha value is -5.34. The number of rotatable bonds is 15. The third-order valence-electron chi connectivity index (χ3n) is 39.5. The summed E-state index contributed by atoms with van der Waals surface area (Å²) >= 11 is 5.63. The van der Waals surface area contributed by atoms with E-state index in [0.29, 0.717) is 100 Å². The van der Waals surface area contributed by atoms with Gasteiger partial charge in [-0.2, -0.15) is 60.0 Å². The molecule has 32 atom stereocenters. The van der Waals surface area contributed by atoms with Gasteiger partial charge < -0.3 is 25.2 Å². The van der Waals surface area contributed by atoms with Crippen LogP contribution in [-0.2, 0) is 30.9 Å². The highest BCUT2D eigenvalue weighted by Crippen LogP contribution is 2.71. The molecule has 0 unspecified atom stereocenters. The Labute approximate surface area is 728 Å². The number of fused-ring (bicyclic) bond motifs is 20. The fourth-order valence-electron chi connectivity index (χ4n) is 34.1. The normalized spacial score (nSPS) is 45.5. The van der Waals surface area contributed by atoms with Crippen LogP contribution >= 0.6 is 11.6 Å². The van der Waals surface area contributed by atoms with Crippen LogP contribution in [0.5, 0.6) is 0 Å². The molecule has 17 aliphatic rings. The van der Waals surface area contributed by atoms with Crippen LogP contribution in [0, 0.1) is 193 Å². The molecule has 4 heterocycles. The number of allylic oxidation sites excluding steroid dienone is 4. The average molecular weight is 1680 g/mol. The number of methoxy groups -OCH3 is 1. The lowest BCUT2D eigenvalue weighted by atomic mass is 9.48. The molecule has 21 rings (SSSR count). The molecule has 660 valence electrons. The second-order valence-corrected chi connectivity index (χ2v) is 45.3. The highest BCUT2D eigenvalue weighted by molar-refractivity contribution is 6.30. The van der Waals surface area contributed by atoms with Crippen molar-refractivity contribution in [3.63, 3.8) is 0 Å². The van der Waals surface area contributed by atoms with Crippen LogP contribution < -0.4 is 0 Å². The minimum Gasteiger partial charge on any atom is -0.387 e. The molecule has 0 aromatic carbocycles. The molecule has 0 amide bonds. The van der Waals surface area contributed by atoms with Crippen molar-refractivity contribution in [2.75, 3.05) is 20.4 Å². The van der Waals surface area contributed by atoms with Crippen molar-refractivity contribution < 1.29 is 29.6 Å². The van der Waals surface area contributed by atoms with Gasteiger partial charge in [-0.1, -0.05) is 94.1 Å². The van der Waals surface area contributed by atoms with E-state index in [2.05, 4.69) is 118 Å². The molecule has 4 aromatic heterocycles. The minimum absolute atomic E-state index is 0.354. The Morgan fingerprint density at radius 3 is 0.934 bits per heavy atom. The van der Waals surface area contributed by atoms with Gasteiger partial charge in [0.25, 0.3) is 0 Å². The zero-order valence-electron chi connectivity index (χ0n) is 74.3. The smallest absolute Gasteiger partial charge is 0.127 e. The van der Waals surface area contributed by atoms with E-state index < -0.39 is 29.1 Å². The van der Waals surface area contributed by atoms with E-state index in [9.17, 15) is 24.8 Å². The number of hydrogen-bond acceptors (Lipinski definition) is 13. The van der Waals surface area contributed by atoms with Gasteiger partial charge in [0.1, 0.15) is 17.9 Å². The first-order valence-corrected chi connectivity index (χ1v) is 49.3. The first kappa shape index (κ1) is 86.4. The maximum absolute atomic E-state index is 13.4. The predicted molar refractivity (Wildman–Crippen MR) is 471 cm³/mol. The summed E-state index contributed by atoms with van der Waals surface area (Å²) < 4.78 is 18.7. The molecule has 0 spiro atoms. The Balaban J connectivity index is 0.000000111. The SMILES string of the molecule is C=C(Cn1nccn1)[C@H]1CC[C@H]2[C@@H]3CC[C@@H]4C[C@@](O)(C#CC5CC5)CC[C@@H]4[C@H]3CC[C@]12C.C=C(Cn1nccn1)[C@H]1CC[C@H]2[C@@H]3CC[C@@H]4C[C@@](O)(C#CCl)CC[C@@H]4[C@H]3CC[C@]12C.C=C(Cn1nccn1)[C@H]1CC[C@H]2[C@@H]3CC[C@@H]4C[C@@](O)(CF)CC[C@@H]4[C@H]3CC[C@]12C.C=C(Cn1nccn1)[C@H]1CC[C@H]2[C@@H]3CC[C@@H]4C[C@@](O)(COC)CC[C@@H]4[C@H]3CC[C@]12C. The van der Waals surface area contributed by atoms with Crippen LogP contribution in [0.2, 0.25) is 0 Å². The van der Waals surface area contributed by atoms with E-state index in [0.717, 1.165) is 166 Å². The molecule has 0 saturated heterocycles. The lowest BCUT2D eigenvalue weighted by Gasteiger charge is -2.57. The lowest BCUT2D eigenvalue weighted by Crippen LogP contribution is -2.52. The number of nitrogens with zero attached hydrogens (tertiary/aromatic N) is 12. The van der Waals surface area contributed by atoms with Crippen molar-refractivity contribution in [3.05, 3.63) is 98.2 Å². The molecule has 4 aromatic rings. The first-order chi connectivity index (χ1) is 58.3. The van der Waals surface area contributed by atoms with Gasteiger partial charge in [-0.15, -0.1) is 0 Å². The molecule has 17 fully saturated rings. The third kappa shape index (κ3) is 16.8. The number of halogens is 2. The molecule has 0 aliphatic heterocycles. The number of alkyl halides is 1. The van der Waals surface area contributed by atoms with Gasteiger partial charge in [-0.05, 0) is 419 Å². The Morgan fingerprint density at radius 2 is 0.636 bits per heavy atom. The summed E-state index contributed by atoms with van der Waals surface area (Å²) in [5, 5.41) is 80.3. The Kier molecular flexibility index (Phi) is 24.8. The van der Waals surface area contributed by atoms with Gasteiger partial charge >= 0.3 is 0 Å². The van der Waals surface area contributed by atoms with Crippen LogP contribution in [0.15, 0.2) is 98.2 Å². The standard InChI is InChI=1S/C28H39N3O.C25H34ClN3O.C25H39N3O2.C24H36FN3O/c1-19(18-31-29-15-16-30-31)25-7-8-26-24-6-5-21-17-28(32,13-9-20-3-4-20)14-11-22(21)23(24)10-12-27(25,26)2;1-17(16-29-27-13-14-28-29)22-5-6-23-21-4-3-18-15-25(30,11-12-26)10-8-19(18)20(21)7-9-24(22,23)2;1-17(15-28-26-12-13-27-28)22-6-7-23-21-5-4-18-14-25(29,16-30-3)11-9-19(18)20(21)8-10-24(22,23)2;1-16(14-28-26-11-12-27-28)21-5-6-22-20-4-3-17-13-24(29,15-25)10-8-18(17)19(20)7-9-23(21,22)2/h15-16,20-26,32H,1,3-8,10-12,14,17-18H2,2H3;13-14,18-23,30H,1,3-10,15-16H2,2H3;12-13,18-23,29H,1,4-11,14-16H2,2-3H3;11-12,17-22,29H,1,3-10,13-15H2,2H3/t21-,22+,23-,24-,25-,26+,27-,28-;18-,19+,20-,21-,22-,23+,24-,25+;18-,19+,20-,21-,22-,23+,24-,25-;17-,18+,19-,20-,21-,22+,23-,24-/m1111/s1. The topological polar surface area (TPSA) is 213 Å². The average Bonchev–Trinajstić information content (AvgIpc) is 1.40. The van der Waals surface area contributed by atoms with Gasteiger partial charge in [0.05, 0.1) is 93.6 Å². The van der Waals surface area contributed by atoms with Crippen LogP contribution in [0.25, 0.3) is 0 Å². The van der Waals surface area contributed by atoms with Crippen molar-refractivity contribution in [2.45, 2.75) is 320 Å². The molecule has 17 nitrogen and oxygen atoms in total. The van der Waals surface area contributed by atoms with E-state index >= 15 is 0 Å². The molecule has 121 heavy (non-hydrogen) atoms. The molecule has 19 heteroatoms.